The Balaban J connectivity index is 2.06. The van der Waals surface area contributed by atoms with Crippen LogP contribution in [0.5, 0.6) is 0 Å². The van der Waals surface area contributed by atoms with Gasteiger partial charge in [-0.05, 0) is 55.0 Å². The number of sulfonamides is 1. The van der Waals surface area contributed by atoms with E-state index in [1.807, 2.05) is 36.6 Å². The fourth-order valence-corrected chi connectivity index (χ4v) is 4.07. The van der Waals surface area contributed by atoms with Crippen molar-refractivity contribution in [1.29, 1.82) is 0 Å². The largest absolute Gasteiger partial charge is 0.351 e. The van der Waals surface area contributed by atoms with Crippen LogP contribution in [0.25, 0.3) is 11.1 Å². The van der Waals surface area contributed by atoms with E-state index in [9.17, 15) is 13.2 Å². The molecule has 1 atom stereocenters. The van der Waals surface area contributed by atoms with Gasteiger partial charge in [0.1, 0.15) is 6.04 Å². The van der Waals surface area contributed by atoms with E-state index in [0.29, 0.717) is 18.7 Å². The number of carbonyl (C=O) groups excluding carboxylic acids is 1. The normalized spacial score (nSPS) is 12.5. The van der Waals surface area contributed by atoms with E-state index in [4.69, 9.17) is 0 Å². The molecule has 0 saturated heterocycles. The van der Waals surface area contributed by atoms with E-state index in [-0.39, 0.29) is 11.7 Å². The highest BCUT2D eigenvalue weighted by Gasteiger charge is 2.22. The predicted octanol–water partition coefficient (Wildman–Crippen LogP) is 3.34. The summed E-state index contributed by atoms with van der Waals surface area (Å²) in [4.78, 5) is 12.6. The molecule has 1 unspecified atom stereocenters. The molecule has 0 aromatic heterocycles. The van der Waals surface area contributed by atoms with Crippen molar-refractivity contribution in [3.8, 4) is 11.1 Å². The minimum atomic E-state index is -3.44. The number of thioether (sulfide) groups is 1. The third kappa shape index (κ3) is 6.96. The number of rotatable bonds is 10. The summed E-state index contributed by atoms with van der Waals surface area (Å²) >= 11 is 1.58. The fraction of sp³-hybridized carbons (Fsp3) is 0.381. The van der Waals surface area contributed by atoms with Crippen LogP contribution in [0.3, 0.4) is 0 Å². The molecule has 0 spiro atoms. The Morgan fingerprint density at radius 3 is 2.43 bits per heavy atom. The summed E-state index contributed by atoms with van der Waals surface area (Å²) in [5.41, 5.74) is 4.37. The number of hydrogen-bond acceptors (Lipinski definition) is 4. The Kier molecular flexibility index (Phi) is 8.54. The topological polar surface area (TPSA) is 75.3 Å². The lowest BCUT2D eigenvalue weighted by Crippen LogP contribution is -2.47. The van der Waals surface area contributed by atoms with Crippen LogP contribution in [0, 0.1) is 6.92 Å². The second-order valence-corrected chi connectivity index (χ2v) is 9.67. The summed E-state index contributed by atoms with van der Waals surface area (Å²) < 4.78 is 26.3. The van der Waals surface area contributed by atoms with Crippen molar-refractivity contribution >= 4 is 27.7 Å². The monoisotopic (exact) mass is 420 g/mol. The maximum Gasteiger partial charge on any atom is 0.238 e. The Hall–Kier alpha value is -1.83. The molecule has 0 aliphatic carbocycles. The molecule has 0 fully saturated rings. The minimum absolute atomic E-state index is 0.0470. The van der Waals surface area contributed by atoms with Crippen molar-refractivity contribution in [3.63, 3.8) is 0 Å². The molecule has 2 aromatic rings. The first-order valence-corrected chi connectivity index (χ1v) is 12.3. The van der Waals surface area contributed by atoms with E-state index in [2.05, 4.69) is 35.2 Å². The first kappa shape index (κ1) is 22.5. The van der Waals surface area contributed by atoms with Gasteiger partial charge in [0.15, 0.2) is 0 Å². The Labute approximate surface area is 172 Å². The van der Waals surface area contributed by atoms with Gasteiger partial charge in [-0.3, -0.25) is 4.79 Å². The summed E-state index contributed by atoms with van der Waals surface area (Å²) in [6.45, 7) is 3.96. The van der Waals surface area contributed by atoms with Crippen molar-refractivity contribution < 1.29 is 13.2 Å². The van der Waals surface area contributed by atoms with Gasteiger partial charge in [0.25, 0.3) is 0 Å². The third-order valence-corrected chi connectivity index (χ3v) is 6.42. The third-order valence-electron chi connectivity index (χ3n) is 4.37. The van der Waals surface area contributed by atoms with E-state index in [1.165, 1.54) is 5.56 Å². The van der Waals surface area contributed by atoms with Gasteiger partial charge >= 0.3 is 0 Å². The fourth-order valence-electron chi connectivity index (χ4n) is 2.78. The van der Waals surface area contributed by atoms with Crippen molar-refractivity contribution in [2.75, 3.05) is 17.8 Å². The molecule has 0 aliphatic rings. The smallest absolute Gasteiger partial charge is 0.238 e. The zero-order valence-electron chi connectivity index (χ0n) is 16.6. The van der Waals surface area contributed by atoms with Gasteiger partial charge in [0, 0.05) is 6.54 Å². The maximum absolute atomic E-state index is 12.6. The van der Waals surface area contributed by atoms with Gasteiger partial charge < -0.3 is 5.32 Å². The molecule has 2 rings (SSSR count). The van der Waals surface area contributed by atoms with Crippen molar-refractivity contribution in [2.24, 2.45) is 0 Å². The zero-order valence-corrected chi connectivity index (χ0v) is 18.2. The van der Waals surface area contributed by atoms with E-state index in [1.54, 1.807) is 18.7 Å². The first-order valence-electron chi connectivity index (χ1n) is 9.27. The predicted molar refractivity (Wildman–Crippen MR) is 118 cm³/mol. The summed E-state index contributed by atoms with van der Waals surface area (Å²) in [5.74, 6) is 0.355. The van der Waals surface area contributed by atoms with Gasteiger partial charge in [-0.25, -0.2) is 13.1 Å². The Morgan fingerprint density at radius 1 is 1.11 bits per heavy atom. The van der Waals surface area contributed by atoms with Crippen LogP contribution in [-0.4, -0.2) is 38.1 Å². The average molecular weight is 421 g/mol. The second-order valence-electron chi connectivity index (χ2n) is 6.64. The molecule has 0 heterocycles. The molecule has 0 radical (unpaired) electrons. The number of amides is 1. The van der Waals surface area contributed by atoms with E-state index >= 15 is 0 Å². The number of hydrogen-bond donors (Lipinski definition) is 2. The number of benzene rings is 2. The molecule has 7 heteroatoms. The van der Waals surface area contributed by atoms with Crippen LogP contribution in [-0.2, 0) is 21.4 Å². The molecule has 2 N–H and O–H groups in total. The molecule has 28 heavy (non-hydrogen) atoms. The van der Waals surface area contributed by atoms with Gasteiger partial charge in [0.05, 0.1) is 5.75 Å². The highest BCUT2D eigenvalue weighted by atomic mass is 32.2. The van der Waals surface area contributed by atoms with Gasteiger partial charge in [0.2, 0.25) is 15.9 Å². The molecule has 5 nitrogen and oxygen atoms in total. The van der Waals surface area contributed by atoms with Crippen LogP contribution < -0.4 is 10.0 Å². The summed E-state index contributed by atoms with van der Waals surface area (Å²) in [7, 11) is -3.44. The highest BCUT2D eigenvalue weighted by molar-refractivity contribution is 7.98. The summed E-state index contributed by atoms with van der Waals surface area (Å²) in [6.07, 6.45) is 2.38. The van der Waals surface area contributed by atoms with Crippen molar-refractivity contribution in [2.45, 2.75) is 32.9 Å². The second kappa shape index (κ2) is 10.6. The summed E-state index contributed by atoms with van der Waals surface area (Å²) in [5, 5.41) is 2.87. The number of aryl methyl sites for hydroxylation is 1. The molecular weight excluding hydrogens is 392 g/mol. The maximum atomic E-state index is 12.6. The standard InChI is InChI=1S/C21H28N2O3S2/c1-4-28(25,26)23-20(11-12-27-3)21(24)22-15-17-8-6-10-19(14-17)18-9-5-7-16(2)13-18/h5-10,13-14,20,23H,4,11-12,15H2,1-3H3,(H,22,24). The van der Waals surface area contributed by atoms with Crippen molar-refractivity contribution in [3.05, 3.63) is 59.7 Å². The van der Waals surface area contributed by atoms with E-state index < -0.39 is 16.1 Å². The van der Waals surface area contributed by atoms with Crippen LogP contribution in [0.4, 0.5) is 0 Å². The quantitative estimate of drug-likeness (QED) is 0.618. The molecule has 2 aromatic carbocycles. The molecule has 152 valence electrons. The molecule has 0 bridgehead atoms. The lowest BCUT2D eigenvalue weighted by Gasteiger charge is -2.18. The van der Waals surface area contributed by atoms with Crippen LogP contribution in [0.1, 0.15) is 24.5 Å². The van der Waals surface area contributed by atoms with Gasteiger partial charge in [-0.15, -0.1) is 0 Å². The van der Waals surface area contributed by atoms with Crippen LogP contribution >= 0.6 is 11.8 Å². The Bertz CT molecular complexity index is 898. The molecular formula is C21H28N2O3S2. The van der Waals surface area contributed by atoms with Crippen molar-refractivity contribution in [1.82, 2.24) is 10.0 Å². The number of carbonyl (C=O) groups is 1. The van der Waals surface area contributed by atoms with E-state index in [0.717, 1.165) is 16.7 Å². The number of nitrogens with one attached hydrogen (secondary N) is 2. The SMILES string of the molecule is CCS(=O)(=O)NC(CCSC)C(=O)NCc1cccc(-c2cccc(C)c2)c1. The summed E-state index contributed by atoms with van der Waals surface area (Å²) in [6, 6.07) is 15.5. The lowest BCUT2D eigenvalue weighted by molar-refractivity contribution is -0.122. The molecule has 0 saturated carbocycles. The van der Waals surface area contributed by atoms with Gasteiger partial charge in [-0.1, -0.05) is 48.0 Å². The first-order chi connectivity index (χ1) is 13.3. The minimum Gasteiger partial charge on any atom is -0.351 e. The average Bonchev–Trinajstić information content (AvgIpc) is 2.69. The lowest BCUT2D eigenvalue weighted by atomic mass is 10.0. The molecule has 0 aliphatic heterocycles. The van der Waals surface area contributed by atoms with Crippen LogP contribution in [0.2, 0.25) is 0 Å². The molecule has 1 amide bonds. The zero-order chi connectivity index (χ0) is 20.6. The Morgan fingerprint density at radius 2 is 1.79 bits per heavy atom. The highest BCUT2D eigenvalue weighted by Crippen LogP contribution is 2.21. The van der Waals surface area contributed by atoms with Crippen LogP contribution in [0.15, 0.2) is 48.5 Å². The van der Waals surface area contributed by atoms with Gasteiger partial charge in [-0.2, -0.15) is 11.8 Å².